The Balaban J connectivity index is 1.75. The quantitative estimate of drug-likeness (QED) is 0.284. The van der Waals surface area contributed by atoms with E-state index in [-0.39, 0.29) is 11.3 Å². The Kier molecular flexibility index (Phi) is 9.02. The van der Waals surface area contributed by atoms with Crippen molar-refractivity contribution >= 4 is 38.1 Å². The second kappa shape index (κ2) is 12.0. The molecule has 0 aliphatic rings. The first-order chi connectivity index (χ1) is 16.7. The summed E-state index contributed by atoms with van der Waals surface area (Å²) in [6.45, 7) is 1.88. The molecule has 3 aromatic carbocycles. The Morgan fingerprint density at radius 2 is 1.66 bits per heavy atom. The molecule has 0 aliphatic heterocycles. The number of halogens is 1. The minimum absolute atomic E-state index is 0.126. The summed E-state index contributed by atoms with van der Waals surface area (Å²) in [6.07, 6.45) is 1.30. The number of rotatable bonds is 10. The Morgan fingerprint density at radius 3 is 2.29 bits per heavy atom. The first-order valence-corrected chi connectivity index (χ1v) is 12.9. The molecule has 0 spiro atoms. The van der Waals surface area contributed by atoms with Gasteiger partial charge in [-0.2, -0.15) is 5.10 Å². The zero-order valence-corrected chi connectivity index (χ0v) is 21.9. The second-order valence-electron chi connectivity index (χ2n) is 7.62. The number of ether oxygens (including phenoxy) is 2. The molecule has 35 heavy (non-hydrogen) atoms. The van der Waals surface area contributed by atoms with Crippen LogP contribution in [0.3, 0.4) is 0 Å². The summed E-state index contributed by atoms with van der Waals surface area (Å²) >= 11 is 3.43. The summed E-state index contributed by atoms with van der Waals surface area (Å²) in [4.78, 5) is 12.8. The van der Waals surface area contributed by atoms with Gasteiger partial charge in [0, 0.05) is 16.5 Å². The highest BCUT2D eigenvalue weighted by molar-refractivity contribution is 9.10. The highest BCUT2D eigenvalue weighted by Crippen LogP contribution is 2.32. The summed E-state index contributed by atoms with van der Waals surface area (Å²) in [5.41, 5.74) is 4.72. The molecule has 8 nitrogen and oxygen atoms in total. The molecule has 1 atom stereocenters. The standard InChI is InChI=1S/C25H26BrN3O5S/c1-17-9-11-20(12-10-17)35(31,32)29-22(18-7-5-4-6-8-18)15-25(30)28-27-16-19-13-23(33-2)24(34-3)14-21(19)26/h4-14,16,22,29H,15H2,1-3H3,(H,28,30)/b27-16-/t22-/m0/s1. The van der Waals surface area contributed by atoms with Crippen LogP contribution in [0.25, 0.3) is 0 Å². The number of benzene rings is 3. The van der Waals surface area contributed by atoms with Crippen molar-refractivity contribution in [2.24, 2.45) is 5.10 Å². The normalized spacial score (nSPS) is 12.3. The zero-order chi connectivity index (χ0) is 25.4. The van der Waals surface area contributed by atoms with E-state index in [1.807, 2.05) is 13.0 Å². The van der Waals surface area contributed by atoms with Gasteiger partial charge in [0.15, 0.2) is 11.5 Å². The lowest BCUT2D eigenvalue weighted by molar-refractivity contribution is -0.121. The summed E-state index contributed by atoms with van der Waals surface area (Å²) < 4.78 is 39.8. The fourth-order valence-corrected chi connectivity index (χ4v) is 4.91. The van der Waals surface area contributed by atoms with Crippen molar-refractivity contribution in [1.82, 2.24) is 10.1 Å². The molecule has 0 saturated carbocycles. The summed E-state index contributed by atoms with van der Waals surface area (Å²) in [5, 5.41) is 4.02. The summed E-state index contributed by atoms with van der Waals surface area (Å²) in [6, 6.07) is 18.1. The van der Waals surface area contributed by atoms with Crippen molar-refractivity contribution in [2.75, 3.05) is 14.2 Å². The number of hydrazone groups is 1. The number of amides is 1. The van der Waals surface area contributed by atoms with Crippen LogP contribution in [0, 0.1) is 6.92 Å². The van der Waals surface area contributed by atoms with Gasteiger partial charge in [0.05, 0.1) is 31.4 Å². The maximum absolute atomic E-state index is 13.0. The van der Waals surface area contributed by atoms with Gasteiger partial charge in [0.25, 0.3) is 0 Å². The smallest absolute Gasteiger partial charge is 0.242 e. The van der Waals surface area contributed by atoms with Crippen molar-refractivity contribution in [2.45, 2.75) is 24.3 Å². The lowest BCUT2D eigenvalue weighted by atomic mass is 10.0. The van der Waals surface area contributed by atoms with Gasteiger partial charge in [-0.1, -0.05) is 48.0 Å². The Bertz CT molecular complexity index is 1300. The summed E-state index contributed by atoms with van der Waals surface area (Å²) in [5.74, 6) is 0.601. The lowest BCUT2D eigenvalue weighted by Crippen LogP contribution is -2.32. The van der Waals surface area contributed by atoms with E-state index in [2.05, 4.69) is 31.2 Å². The molecular formula is C25H26BrN3O5S. The number of nitrogens with one attached hydrogen (secondary N) is 2. The molecule has 2 N–H and O–H groups in total. The Morgan fingerprint density at radius 1 is 1.03 bits per heavy atom. The number of nitrogens with zero attached hydrogens (tertiary/aromatic N) is 1. The molecule has 10 heteroatoms. The molecule has 0 radical (unpaired) electrons. The molecule has 184 valence electrons. The molecule has 1 amide bonds. The third kappa shape index (κ3) is 7.14. The molecule has 0 bridgehead atoms. The minimum Gasteiger partial charge on any atom is -0.493 e. The Labute approximate surface area is 213 Å². The molecule has 0 fully saturated rings. The van der Waals surface area contributed by atoms with E-state index in [1.54, 1.807) is 48.5 Å². The van der Waals surface area contributed by atoms with Crippen molar-refractivity contribution < 1.29 is 22.7 Å². The first-order valence-electron chi connectivity index (χ1n) is 10.6. The largest absolute Gasteiger partial charge is 0.493 e. The third-order valence-corrected chi connectivity index (χ3v) is 7.29. The van der Waals surface area contributed by atoms with E-state index in [1.165, 1.54) is 32.6 Å². The van der Waals surface area contributed by atoms with Gasteiger partial charge in [-0.15, -0.1) is 0 Å². The maximum atomic E-state index is 13.0. The van der Waals surface area contributed by atoms with Crippen molar-refractivity contribution in [3.05, 3.63) is 87.9 Å². The number of hydrogen-bond acceptors (Lipinski definition) is 6. The van der Waals surface area contributed by atoms with Crippen LogP contribution in [-0.4, -0.2) is 34.8 Å². The molecule has 3 aromatic rings. The van der Waals surface area contributed by atoms with Crippen LogP contribution in [0.15, 0.2) is 81.2 Å². The number of carbonyl (C=O) groups excluding carboxylic acids is 1. The number of aryl methyl sites for hydroxylation is 1. The van der Waals surface area contributed by atoms with Crippen LogP contribution in [0.5, 0.6) is 11.5 Å². The molecule has 0 aromatic heterocycles. The minimum atomic E-state index is -3.85. The SMILES string of the molecule is COc1cc(Br)c(/C=N\NC(=O)C[C@H](NS(=O)(=O)c2ccc(C)cc2)c2ccccc2)cc1OC. The van der Waals surface area contributed by atoms with E-state index in [9.17, 15) is 13.2 Å². The predicted molar refractivity (Wildman–Crippen MR) is 138 cm³/mol. The molecular weight excluding hydrogens is 534 g/mol. The third-order valence-electron chi connectivity index (χ3n) is 5.12. The predicted octanol–water partition coefficient (Wildman–Crippen LogP) is 4.33. The number of methoxy groups -OCH3 is 2. The first kappa shape index (κ1) is 26.4. The van der Waals surface area contributed by atoms with Crippen LogP contribution >= 0.6 is 15.9 Å². The van der Waals surface area contributed by atoms with Crippen molar-refractivity contribution in [3.63, 3.8) is 0 Å². The number of hydrogen-bond donors (Lipinski definition) is 2. The average Bonchev–Trinajstić information content (AvgIpc) is 2.85. The number of carbonyl (C=O) groups is 1. The highest BCUT2D eigenvalue weighted by Gasteiger charge is 2.23. The molecule has 0 saturated heterocycles. The second-order valence-corrected chi connectivity index (χ2v) is 10.2. The molecule has 3 rings (SSSR count). The fourth-order valence-electron chi connectivity index (χ4n) is 3.26. The van der Waals surface area contributed by atoms with E-state index >= 15 is 0 Å². The van der Waals surface area contributed by atoms with E-state index < -0.39 is 22.0 Å². The topological polar surface area (TPSA) is 106 Å². The van der Waals surface area contributed by atoms with Crippen molar-refractivity contribution in [1.29, 1.82) is 0 Å². The van der Waals surface area contributed by atoms with Gasteiger partial charge in [0.1, 0.15) is 0 Å². The van der Waals surface area contributed by atoms with Gasteiger partial charge >= 0.3 is 0 Å². The van der Waals surface area contributed by atoms with E-state index in [0.29, 0.717) is 27.1 Å². The molecule has 0 unspecified atom stereocenters. The number of sulfonamides is 1. The monoisotopic (exact) mass is 559 g/mol. The van der Waals surface area contributed by atoms with Gasteiger partial charge in [-0.05, 0) is 52.7 Å². The summed E-state index contributed by atoms with van der Waals surface area (Å²) in [7, 11) is -0.794. The maximum Gasteiger partial charge on any atom is 0.242 e. The van der Waals surface area contributed by atoms with Crippen LogP contribution in [0.1, 0.15) is 29.2 Å². The molecule has 0 heterocycles. The Hall–Kier alpha value is -3.21. The fraction of sp³-hybridized carbons (Fsp3) is 0.200. The van der Waals surface area contributed by atoms with E-state index in [0.717, 1.165) is 5.56 Å². The zero-order valence-electron chi connectivity index (χ0n) is 19.5. The van der Waals surface area contributed by atoms with E-state index in [4.69, 9.17) is 9.47 Å². The average molecular weight is 560 g/mol. The van der Waals surface area contributed by atoms with Crippen LogP contribution in [-0.2, 0) is 14.8 Å². The van der Waals surface area contributed by atoms with Gasteiger partial charge in [-0.25, -0.2) is 18.6 Å². The van der Waals surface area contributed by atoms with Crippen LogP contribution < -0.4 is 19.6 Å². The van der Waals surface area contributed by atoms with Crippen LogP contribution in [0.2, 0.25) is 0 Å². The van der Waals surface area contributed by atoms with Gasteiger partial charge < -0.3 is 9.47 Å². The van der Waals surface area contributed by atoms with Crippen LogP contribution in [0.4, 0.5) is 0 Å². The van der Waals surface area contributed by atoms with Gasteiger partial charge in [0.2, 0.25) is 15.9 Å². The highest BCUT2D eigenvalue weighted by atomic mass is 79.9. The van der Waals surface area contributed by atoms with Crippen molar-refractivity contribution in [3.8, 4) is 11.5 Å². The lowest BCUT2D eigenvalue weighted by Gasteiger charge is -2.18. The van der Waals surface area contributed by atoms with Gasteiger partial charge in [-0.3, -0.25) is 4.79 Å². The molecule has 0 aliphatic carbocycles.